The van der Waals surface area contributed by atoms with Crippen molar-refractivity contribution in [3.63, 3.8) is 0 Å². The summed E-state index contributed by atoms with van der Waals surface area (Å²) in [6.45, 7) is 0. The number of hydrogen-bond donors (Lipinski definition) is 1. The summed E-state index contributed by atoms with van der Waals surface area (Å²) < 4.78 is 28.2. The molecule has 0 saturated carbocycles. The van der Waals surface area contributed by atoms with E-state index >= 15 is 0 Å². The van der Waals surface area contributed by atoms with Crippen LogP contribution in [-0.4, -0.2) is 51.9 Å². The number of nitrogens with one attached hydrogen (secondary N) is 1. The normalized spacial score (nSPS) is 10.9. The van der Waals surface area contributed by atoms with Gasteiger partial charge in [0.25, 0.3) is 11.8 Å². The van der Waals surface area contributed by atoms with E-state index in [0.29, 0.717) is 56.5 Å². The van der Waals surface area contributed by atoms with Gasteiger partial charge in [0.15, 0.2) is 11.5 Å². The minimum atomic E-state index is -0.387. The third kappa shape index (κ3) is 5.12. The van der Waals surface area contributed by atoms with Crippen LogP contribution in [-0.2, 0) is 0 Å². The quantitative estimate of drug-likeness (QED) is 0.302. The molecule has 0 aliphatic rings. The van der Waals surface area contributed by atoms with Gasteiger partial charge in [0.05, 0.1) is 52.3 Å². The number of methoxy groups -OCH3 is 5. The summed E-state index contributed by atoms with van der Waals surface area (Å²) in [6, 6.07) is 15.7. The molecule has 0 spiro atoms. The molecule has 0 aliphatic heterocycles. The van der Waals surface area contributed by atoms with E-state index in [1.165, 1.54) is 45.3 Å². The van der Waals surface area contributed by atoms with Crippen LogP contribution in [0.3, 0.4) is 0 Å². The van der Waals surface area contributed by atoms with Gasteiger partial charge in [-0.1, -0.05) is 18.2 Å². The molecule has 0 atom stereocenters. The predicted octanol–water partition coefficient (Wildman–Crippen LogP) is 5.29. The molecular formula is C29H28N2O7. The summed E-state index contributed by atoms with van der Waals surface area (Å²) in [5.74, 6) is 1.83. The molecule has 196 valence electrons. The Hall–Kier alpha value is -4.92. The Morgan fingerprint density at radius 2 is 1.45 bits per heavy atom. The topological polar surface area (TPSA) is 97.3 Å². The zero-order valence-electron chi connectivity index (χ0n) is 21.7. The minimum absolute atomic E-state index is 0.337. The largest absolute Gasteiger partial charge is 0.497 e. The van der Waals surface area contributed by atoms with Gasteiger partial charge >= 0.3 is 0 Å². The van der Waals surface area contributed by atoms with E-state index < -0.39 is 0 Å². The zero-order valence-corrected chi connectivity index (χ0v) is 21.7. The van der Waals surface area contributed by atoms with Gasteiger partial charge < -0.3 is 29.0 Å². The maximum absolute atomic E-state index is 13.3. The van der Waals surface area contributed by atoms with E-state index in [9.17, 15) is 9.59 Å². The van der Waals surface area contributed by atoms with Crippen LogP contribution in [0.1, 0.15) is 20.7 Å². The van der Waals surface area contributed by atoms with Gasteiger partial charge in [0.2, 0.25) is 0 Å². The molecular weight excluding hydrogens is 488 g/mol. The number of anilines is 1. The second kappa shape index (κ2) is 11.4. The van der Waals surface area contributed by atoms with Crippen molar-refractivity contribution in [1.29, 1.82) is 0 Å². The molecule has 0 bridgehead atoms. The first kappa shape index (κ1) is 26.2. The third-order valence-corrected chi connectivity index (χ3v) is 5.99. The lowest BCUT2D eigenvalue weighted by Crippen LogP contribution is -2.13. The number of allylic oxidation sites excluding steroid dienone is 1. The number of rotatable bonds is 9. The van der Waals surface area contributed by atoms with Gasteiger partial charge in [-0.3, -0.25) is 14.2 Å². The number of hydrogen-bond acceptors (Lipinski definition) is 7. The molecule has 0 radical (unpaired) electrons. The Labute approximate surface area is 220 Å². The molecule has 1 N–H and O–H groups in total. The number of carbonyl (C=O) groups is 2. The van der Waals surface area contributed by atoms with E-state index in [4.69, 9.17) is 23.7 Å². The first-order valence-corrected chi connectivity index (χ1v) is 11.6. The molecule has 4 aromatic rings. The zero-order chi connectivity index (χ0) is 27.2. The Kier molecular flexibility index (Phi) is 7.86. The fourth-order valence-electron chi connectivity index (χ4n) is 4.06. The van der Waals surface area contributed by atoms with Crippen LogP contribution in [0.5, 0.6) is 28.7 Å². The summed E-state index contributed by atoms with van der Waals surface area (Å²) in [6.07, 6.45) is 4.55. The summed E-state index contributed by atoms with van der Waals surface area (Å²) in [4.78, 5) is 26.6. The first-order chi connectivity index (χ1) is 18.4. The Morgan fingerprint density at radius 3 is 2.13 bits per heavy atom. The molecule has 0 fully saturated rings. The highest BCUT2D eigenvalue weighted by Gasteiger charge is 2.19. The van der Waals surface area contributed by atoms with Crippen molar-refractivity contribution in [2.24, 2.45) is 0 Å². The SMILES string of the molecule is COc1ccc(NC(=O)c2cn(C(=O)/C=C/c3cc(OC)c(OC)cc3OC)c3ccccc23)c(OC)c1. The highest BCUT2D eigenvalue weighted by molar-refractivity contribution is 6.15. The summed E-state index contributed by atoms with van der Waals surface area (Å²) >= 11 is 0. The highest BCUT2D eigenvalue weighted by atomic mass is 16.5. The Balaban J connectivity index is 1.67. The van der Waals surface area contributed by atoms with Crippen LogP contribution in [0.25, 0.3) is 17.0 Å². The van der Waals surface area contributed by atoms with E-state index in [0.717, 1.165) is 0 Å². The maximum atomic E-state index is 13.3. The van der Waals surface area contributed by atoms with Crippen molar-refractivity contribution in [1.82, 2.24) is 4.57 Å². The number of fused-ring (bicyclic) bond motifs is 1. The van der Waals surface area contributed by atoms with E-state index in [1.54, 1.807) is 61.7 Å². The van der Waals surface area contributed by atoms with Gasteiger partial charge in [0, 0.05) is 35.4 Å². The second-order valence-corrected chi connectivity index (χ2v) is 8.07. The van der Waals surface area contributed by atoms with Crippen molar-refractivity contribution < 1.29 is 33.3 Å². The van der Waals surface area contributed by atoms with Gasteiger partial charge in [-0.05, 0) is 30.3 Å². The van der Waals surface area contributed by atoms with Crippen LogP contribution in [0, 0.1) is 0 Å². The van der Waals surface area contributed by atoms with Crippen molar-refractivity contribution >= 4 is 34.5 Å². The monoisotopic (exact) mass is 516 g/mol. The molecule has 1 heterocycles. The minimum Gasteiger partial charge on any atom is -0.497 e. The summed E-state index contributed by atoms with van der Waals surface area (Å²) in [5.41, 5.74) is 2.03. The molecule has 0 unspecified atom stereocenters. The molecule has 1 aromatic heterocycles. The number of carbonyl (C=O) groups excluding carboxylic acids is 2. The summed E-state index contributed by atoms with van der Waals surface area (Å²) in [7, 11) is 7.65. The van der Waals surface area contributed by atoms with E-state index in [-0.39, 0.29) is 11.8 Å². The first-order valence-electron chi connectivity index (χ1n) is 11.6. The lowest BCUT2D eigenvalue weighted by molar-refractivity contribution is 0.0974. The number of nitrogens with zero attached hydrogens (tertiary/aromatic N) is 1. The molecule has 4 rings (SSSR count). The molecule has 38 heavy (non-hydrogen) atoms. The van der Waals surface area contributed by atoms with E-state index in [2.05, 4.69) is 5.32 Å². The van der Waals surface area contributed by atoms with Crippen LogP contribution < -0.4 is 29.0 Å². The van der Waals surface area contributed by atoms with Crippen LogP contribution in [0.2, 0.25) is 0 Å². The number of para-hydroxylation sites is 1. The Bertz CT molecular complexity index is 1520. The lowest BCUT2D eigenvalue weighted by Gasteiger charge is -2.12. The van der Waals surface area contributed by atoms with E-state index in [1.807, 2.05) is 6.07 Å². The third-order valence-electron chi connectivity index (χ3n) is 5.99. The molecule has 0 saturated heterocycles. The summed E-state index contributed by atoms with van der Waals surface area (Å²) in [5, 5.41) is 3.49. The predicted molar refractivity (Wildman–Crippen MR) is 145 cm³/mol. The molecule has 9 nitrogen and oxygen atoms in total. The van der Waals surface area contributed by atoms with Crippen LogP contribution in [0.4, 0.5) is 5.69 Å². The number of aromatic nitrogens is 1. The van der Waals surface area contributed by atoms with Gasteiger partial charge in [-0.15, -0.1) is 0 Å². The average molecular weight is 517 g/mol. The number of benzene rings is 3. The second-order valence-electron chi connectivity index (χ2n) is 8.07. The number of ether oxygens (including phenoxy) is 5. The molecule has 0 aliphatic carbocycles. The van der Waals surface area contributed by atoms with Crippen LogP contribution >= 0.6 is 0 Å². The van der Waals surface area contributed by atoms with Crippen molar-refractivity contribution in [2.75, 3.05) is 40.9 Å². The Morgan fingerprint density at radius 1 is 0.763 bits per heavy atom. The van der Waals surface area contributed by atoms with Crippen molar-refractivity contribution in [3.05, 3.63) is 78.0 Å². The average Bonchev–Trinajstić information content (AvgIpc) is 3.35. The maximum Gasteiger partial charge on any atom is 0.257 e. The van der Waals surface area contributed by atoms with Gasteiger partial charge in [0.1, 0.15) is 17.2 Å². The molecule has 3 aromatic carbocycles. The van der Waals surface area contributed by atoms with Crippen molar-refractivity contribution in [3.8, 4) is 28.7 Å². The van der Waals surface area contributed by atoms with Gasteiger partial charge in [-0.25, -0.2) is 0 Å². The standard InChI is InChI=1S/C29H28N2O7/c1-34-19-11-12-22(25(15-19)36-3)30-29(33)21-17-31(23-9-7-6-8-20(21)23)28(32)13-10-18-14-26(37-4)27(38-5)16-24(18)35-2/h6-17H,1-5H3,(H,30,33)/b13-10+. The fourth-order valence-corrected chi connectivity index (χ4v) is 4.06. The van der Waals surface area contributed by atoms with Crippen LogP contribution in [0.15, 0.2) is 66.9 Å². The van der Waals surface area contributed by atoms with Gasteiger partial charge in [-0.2, -0.15) is 0 Å². The van der Waals surface area contributed by atoms with Crippen molar-refractivity contribution in [2.45, 2.75) is 0 Å². The molecule has 1 amide bonds. The highest BCUT2D eigenvalue weighted by Crippen LogP contribution is 2.35. The molecule has 9 heteroatoms. The fraction of sp³-hybridized carbons (Fsp3) is 0.172. The number of amides is 1. The smallest absolute Gasteiger partial charge is 0.257 e. The lowest BCUT2D eigenvalue weighted by atomic mass is 10.1.